The van der Waals surface area contributed by atoms with Crippen molar-refractivity contribution in [2.24, 2.45) is 0 Å². The standard InChI is InChI=1S/C18H15F4NO3S/c1-11(24)12-6-7-16(13(19)8-12)27-9-17(25)23-14-4-2-3-5-15(14)26-10-18(20,21)22/h2-8H,9-10H2,1H3,(H,23,25). The van der Waals surface area contributed by atoms with Crippen LogP contribution in [0.5, 0.6) is 5.75 Å². The summed E-state index contributed by atoms with van der Waals surface area (Å²) in [7, 11) is 0. The molecule has 2 aromatic carbocycles. The predicted octanol–water partition coefficient (Wildman–Crippen LogP) is 4.70. The zero-order valence-electron chi connectivity index (χ0n) is 14.1. The molecule has 0 spiro atoms. The fourth-order valence-corrected chi connectivity index (χ4v) is 2.74. The average molecular weight is 401 g/mol. The van der Waals surface area contributed by atoms with E-state index in [9.17, 15) is 27.2 Å². The topological polar surface area (TPSA) is 55.4 Å². The first-order valence-corrected chi connectivity index (χ1v) is 8.66. The van der Waals surface area contributed by atoms with Crippen molar-refractivity contribution in [2.75, 3.05) is 17.7 Å². The molecule has 1 N–H and O–H groups in total. The van der Waals surface area contributed by atoms with E-state index in [4.69, 9.17) is 0 Å². The number of carbonyl (C=O) groups excluding carboxylic acids is 2. The normalized spacial score (nSPS) is 11.1. The minimum absolute atomic E-state index is 0.0831. The average Bonchev–Trinajstić information content (AvgIpc) is 2.59. The van der Waals surface area contributed by atoms with Gasteiger partial charge in [0.05, 0.1) is 11.4 Å². The minimum Gasteiger partial charge on any atom is -0.482 e. The van der Waals surface area contributed by atoms with Gasteiger partial charge in [0.2, 0.25) is 5.91 Å². The Bertz CT molecular complexity index is 840. The van der Waals surface area contributed by atoms with Crippen LogP contribution in [-0.2, 0) is 4.79 Å². The highest BCUT2D eigenvalue weighted by Gasteiger charge is 2.28. The van der Waals surface area contributed by atoms with E-state index < -0.39 is 24.5 Å². The summed E-state index contributed by atoms with van der Waals surface area (Å²) in [6, 6.07) is 9.63. The van der Waals surface area contributed by atoms with E-state index in [-0.39, 0.29) is 33.4 Å². The molecule has 0 aliphatic rings. The van der Waals surface area contributed by atoms with Crippen molar-refractivity contribution in [3.63, 3.8) is 0 Å². The summed E-state index contributed by atoms with van der Waals surface area (Å²) >= 11 is 0.899. The van der Waals surface area contributed by atoms with Gasteiger partial charge in [-0.3, -0.25) is 9.59 Å². The summed E-state index contributed by atoms with van der Waals surface area (Å²) < 4.78 is 55.5. The number of benzene rings is 2. The van der Waals surface area contributed by atoms with Gasteiger partial charge < -0.3 is 10.1 Å². The van der Waals surface area contributed by atoms with Crippen molar-refractivity contribution in [2.45, 2.75) is 18.0 Å². The van der Waals surface area contributed by atoms with E-state index >= 15 is 0 Å². The highest BCUT2D eigenvalue weighted by molar-refractivity contribution is 8.00. The Morgan fingerprint density at radius 1 is 1.15 bits per heavy atom. The van der Waals surface area contributed by atoms with Gasteiger partial charge in [-0.15, -0.1) is 11.8 Å². The van der Waals surface area contributed by atoms with E-state index in [2.05, 4.69) is 10.1 Å². The Kier molecular flexibility index (Phi) is 6.84. The lowest BCUT2D eigenvalue weighted by atomic mass is 10.1. The van der Waals surface area contributed by atoms with Crippen LogP contribution in [0.4, 0.5) is 23.2 Å². The lowest BCUT2D eigenvalue weighted by molar-refractivity contribution is -0.153. The molecular weight excluding hydrogens is 386 g/mol. The quantitative estimate of drug-likeness (QED) is 0.415. The Labute approximate surface area is 156 Å². The van der Waals surface area contributed by atoms with Crippen molar-refractivity contribution in [3.8, 4) is 5.75 Å². The number of nitrogens with one attached hydrogen (secondary N) is 1. The minimum atomic E-state index is -4.50. The molecule has 0 bridgehead atoms. The summed E-state index contributed by atoms with van der Waals surface area (Å²) in [5, 5.41) is 2.44. The van der Waals surface area contributed by atoms with Crippen LogP contribution in [0.15, 0.2) is 47.4 Å². The molecule has 0 aliphatic heterocycles. The Morgan fingerprint density at radius 3 is 2.48 bits per heavy atom. The van der Waals surface area contributed by atoms with Gasteiger partial charge >= 0.3 is 6.18 Å². The molecule has 0 saturated heterocycles. The molecule has 0 heterocycles. The zero-order valence-corrected chi connectivity index (χ0v) is 14.9. The summed E-state index contributed by atoms with van der Waals surface area (Å²) in [6.07, 6.45) is -4.50. The first kappa shape index (κ1) is 20.8. The molecule has 0 radical (unpaired) electrons. The number of thioether (sulfide) groups is 1. The third-order valence-corrected chi connectivity index (χ3v) is 4.30. The molecule has 9 heteroatoms. The SMILES string of the molecule is CC(=O)c1ccc(SCC(=O)Nc2ccccc2OCC(F)(F)F)c(F)c1. The molecule has 0 aromatic heterocycles. The van der Waals surface area contributed by atoms with Crippen LogP contribution in [0.2, 0.25) is 0 Å². The van der Waals surface area contributed by atoms with Crippen LogP contribution in [0.1, 0.15) is 17.3 Å². The number of hydrogen-bond donors (Lipinski definition) is 1. The van der Waals surface area contributed by atoms with Crippen molar-refractivity contribution >= 4 is 29.1 Å². The highest BCUT2D eigenvalue weighted by atomic mass is 32.2. The zero-order chi connectivity index (χ0) is 20.0. The second-order valence-electron chi connectivity index (χ2n) is 5.44. The number of hydrogen-bond acceptors (Lipinski definition) is 4. The predicted molar refractivity (Wildman–Crippen MR) is 93.8 cm³/mol. The smallest absolute Gasteiger partial charge is 0.422 e. The molecule has 0 saturated carbocycles. The van der Waals surface area contributed by atoms with Gasteiger partial charge in [0.15, 0.2) is 12.4 Å². The Hall–Kier alpha value is -2.55. The number of Topliss-reactive ketones (excluding diaryl/α,β-unsaturated/α-hetero) is 1. The summed E-state index contributed by atoms with van der Waals surface area (Å²) in [6.45, 7) is -0.171. The fraction of sp³-hybridized carbons (Fsp3) is 0.222. The van der Waals surface area contributed by atoms with E-state index in [0.717, 1.165) is 17.8 Å². The number of ether oxygens (including phenoxy) is 1. The first-order chi connectivity index (χ1) is 12.7. The summed E-state index contributed by atoms with van der Waals surface area (Å²) in [5.41, 5.74) is 0.303. The van der Waals surface area contributed by atoms with E-state index in [0.29, 0.717) is 0 Å². The molecule has 4 nitrogen and oxygen atoms in total. The van der Waals surface area contributed by atoms with Crippen LogP contribution in [0.3, 0.4) is 0 Å². The molecule has 27 heavy (non-hydrogen) atoms. The van der Waals surface area contributed by atoms with Crippen molar-refractivity contribution in [1.29, 1.82) is 0 Å². The number of ketones is 1. The molecular formula is C18H15F4NO3S. The van der Waals surface area contributed by atoms with Gasteiger partial charge in [-0.05, 0) is 31.2 Å². The number of anilines is 1. The molecule has 2 aromatic rings. The fourth-order valence-electron chi connectivity index (χ4n) is 2.02. The summed E-state index contributed by atoms with van der Waals surface area (Å²) in [4.78, 5) is 23.4. The third-order valence-electron chi connectivity index (χ3n) is 3.25. The molecule has 0 unspecified atom stereocenters. The van der Waals surface area contributed by atoms with Crippen LogP contribution >= 0.6 is 11.8 Å². The van der Waals surface area contributed by atoms with Crippen molar-refractivity contribution in [1.82, 2.24) is 0 Å². The Balaban J connectivity index is 1.97. The number of carbonyl (C=O) groups is 2. The van der Waals surface area contributed by atoms with Crippen LogP contribution in [-0.4, -0.2) is 30.2 Å². The second-order valence-corrected chi connectivity index (χ2v) is 6.46. The Morgan fingerprint density at radius 2 is 1.85 bits per heavy atom. The van der Waals surface area contributed by atoms with Gasteiger partial charge in [0.1, 0.15) is 11.6 Å². The van der Waals surface area contributed by atoms with Gasteiger partial charge in [0.25, 0.3) is 0 Å². The van der Waals surface area contributed by atoms with E-state index in [1.54, 1.807) is 0 Å². The van der Waals surface area contributed by atoms with Crippen LogP contribution < -0.4 is 10.1 Å². The van der Waals surface area contributed by atoms with Crippen molar-refractivity contribution in [3.05, 3.63) is 53.8 Å². The molecule has 144 valence electrons. The molecule has 0 fully saturated rings. The van der Waals surface area contributed by atoms with E-state index in [1.807, 2.05) is 0 Å². The number of amides is 1. The second kappa shape index (κ2) is 8.90. The monoisotopic (exact) mass is 401 g/mol. The highest BCUT2D eigenvalue weighted by Crippen LogP contribution is 2.27. The lowest BCUT2D eigenvalue weighted by Gasteiger charge is -2.13. The number of para-hydroxylation sites is 2. The maximum Gasteiger partial charge on any atom is 0.422 e. The van der Waals surface area contributed by atoms with Gasteiger partial charge in [0, 0.05) is 10.5 Å². The number of halogens is 4. The molecule has 0 aliphatic carbocycles. The van der Waals surface area contributed by atoms with Gasteiger partial charge in [-0.1, -0.05) is 18.2 Å². The van der Waals surface area contributed by atoms with E-state index in [1.165, 1.54) is 43.3 Å². The first-order valence-electron chi connectivity index (χ1n) is 7.67. The number of rotatable bonds is 7. The third kappa shape index (κ3) is 6.59. The number of alkyl halides is 3. The van der Waals surface area contributed by atoms with Crippen molar-refractivity contribution < 1.29 is 31.9 Å². The summed E-state index contributed by atoms with van der Waals surface area (Å²) in [5.74, 6) is -1.75. The maximum absolute atomic E-state index is 13.9. The molecule has 1 amide bonds. The van der Waals surface area contributed by atoms with Crippen LogP contribution in [0.25, 0.3) is 0 Å². The van der Waals surface area contributed by atoms with Crippen LogP contribution in [0, 0.1) is 5.82 Å². The maximum atomic E-state index is 13.9. The van der Waals surface area contributed by atoms with Gasteiger partial charge in [-0.2, -0.15) is 13.2 Å². The molecule has 0 atom stereocenters. The lowest BCUT2D eigenvalue weighted by Crippen LogP contribution is -2.20. The largest absolute Gasteiger partial charge is 0.482 e. The molecule has 2 rings (SSSR count). The van der Waals surface area contributed by atoms with Gasteiger partial charge in [-0.25, -0.2) is 4.39 Å².